The van der Waals surface area contributed by atoms with Crippen LogP contribution in [0.3, 0.4) is 0 Å². The maximum Gasteiger partial charge on any atom is 0.417 e. The Morgan fingerprint density at radius 3 is 2.40 bits per heavy atom. The van der Waals surface area contributed by atoms with Gasteiger partial charge in [0.05, 0.1) is 11.1 Å². The van der Waals surface area contributed by atoms with E-state index in [0.717, 1.165) is 12.1 Å². The van der Waals surface area contributed by atoms with Crippen molar-refractivity contribution >= 4 is 17.5 Å². The van der Waals surface area contributed by atoms with Gasteiger partial charge in [-0.3, -0.25) is 4.79 Å². The van der Waals surface area contributed by atoms with E-state index in [1.807, 2.05) is 5.18 Å². The lowest BCUT2D eigenvalue weighted by molar-refractivity contribution is -0.137. The first-order valence-corrected chi connectivity index (χ1v) is 3.98. The van der Waals surface area contributed by atoms with Gasteiger partial charge in [-0.25, -0.2) is 0 Å². The number of benzene rings is 1. The predicted molar refractivity (Wildman–Crippen MR) is 46.6 cm³/mol. The molecule has 7 heteroatoms. The fraction of sp³-hybridized carbons (Fsp3) is 0.125. The van der Waals surface area contributed by atoms with Crippen molar-refractivity contribution in [2.75, 3.05) is 0 Å². The molecule has 0 saturated heterocycles. The largest absolute Gasteiger partial charge is 0.417 e. The van der Waals surface area contributed by atoms with Gasteiger partial charge in [0.15, 0.2) is 0 Å². The zero-order valence-corrected chi connectivity index (χ0v) is 7.76. The molecule has 0 aliphatic carbocycles. The van der Waals surface area contributed by atoms with Gasteiger partial charge in [0.25, 0.3) is 0 Å². The van der Waals surface area contributed by atoms with Gasteiger partial charge >= 0.3 is 12.1 Å². The molecule has 0 N–H and O–H groups in total. The minimum absolute atomic E-state index is 0.0741. The topological polar surface area (TPSA) is 46.5 Å². The molecule has 0 heterocycles. The number of alkyl halides is 3. The molecule has 1 aromatic rings. The molecule has 1 amide bonds. The SMILES string of the molecule is O=NC(=O)c1cc(Cl)ccc1C(F)(F)F. The number of nitroso groups, excluding NO2 is 1. The Kier molecular flexibility index (Phi) is 3.09. The minimum atomic E-state index is -4.72. The molecule has 0 bridgehead atoms. The van der Waals surface area contributed by atoms with E-state index in [1.165, 1.54) is 0 Å². The van der Waals surface area contributed by atoms with Crippen LogP contribution in [0.4, 0.5) is 13.2 Å². The highest BCUT2D eigenvalue weighted by molar-refractivity contribution is 6.31. The first-order chi connectivity index (χ1) is 6.86. The van der Waals surface area contributed by atoms with Crippen LogP contribution in [-0.4, -0.2) is 5.91 Å². The summed E-state index contributed by atoms with van der Waals surface area (Å²) >= 11 is 5.40. The van der Waals surface area contributed by atoms with E-state index in [1.54, 1.807) is 0 Å². The van der Waals surface area contributed by atoms with Gasteiger partial charge in [-0.05, 0) is 18.2 Å². The van der Waals surface area contributed by atoms with Crippen LogP contribution in [0.15, 0.2) is 23.4 Å². The summed E-state index contributed by atoms with van der Waals surface area (Å²) in [5.74, 6) is -1.50. The van der Waals surface area contributed by atoms with E-state index >= 15 is 0 Å². The summed E-state index contributed by atoms with van der Waals surface area (Å²) in [5.41, 5.74) is -2.07. The van der Waals surface area contributed by atoms with Crippen molar-refractivity contribution in [2.45, 2.75) is 6.18 Å². The van der Waals surface area contributed by atoms with Gasteiger partial charge in [0.2, 0.25) is 0 Å². The third-order valence-electron chi connectivity index (χ3n) is 1.60. The summed E-state index contributed by atoms with van der Waals surface area (Å²) in [4.78, 5) is 20.7. The van der Waals surface area contributed by atoms with Crippen molar-refractivity contribution < 1.29 is 18.0 Å². The zero-order valence-electron chi connectivity index (χ0n) is 7.01. The van der Waals surface area contributed by atoms with Gasteiger partial charge in [-0.15, -0.1) is 4.91 Å². The van der Waals surface area contributed by atoms with Crippen LogP contribution < -0.4 is 0 Å². The molecular weight excluding hydrogens is 235 g/mol. The van der Waals surface area contributed by atoms with E-state index in [4.69, 9.17) is 11.6 Å². The number of carbonyl (C=O) groups excluding carboxylic acids is 1. The first kappa shape index (κ1) is 11.6. The van der Waals surface area contributed by atoms with Crippen molar-refractivity contribution in [1.82, 2.24) is 0 Å². The van der Waals surface area contributed by atoms with Crippen LogP contribution in [0.1, 0.15) is 15.9 Å². The van der Waals surface area contributed by atoms with E-state index in [0.29, 0.717) is 6.07 Å². The number of rotatable bonds is 1. The number of halogens is 4. The Labute approximate surface area is 86.8 Å². The van der Waals surface area contributed by atoms with Crippen LogP contribution in [-0.2, 0) is 6.18 Å². The lowest BCUT2D eigenvalue weighted by Crippen LogP contribution is -2.11. The maximum atomic E-state index is 12.3. The fourth-order valence-electron chi connectivity index (χ4n) is 0.990. The number of hydrogen-bond acceptors (Lipinski definition) is 2. The highest BCUT2D eigenvalue weighted by Crippen LogP contribution is 2.33. The monoisotopic (exact) mass is 237 g/mol. The lowest BCUT2D eigenvalue weighted by Gasteiger charge is -2.09. The first-order valence-electron chi connectivity index (χ1n) is 3.60. The highest BCUT2D eigenvalue weighted by Gasteiger charge is 2.35. The Hall–Kier alpha value is -1.43. The minimum Gasteiger partial charge on any atom is -0.263 e. The van der Waals surface area contributed by atoms with E-state index in [-0.39, 0.29) is 5.02 Å². The molecule has 0 spiro atoms. The summed E-state index contributed by atoms with van der Waals surface area (Å²) in [5, 5.41) is 1.85. The quantitative estimate of drug-likeness (QED) is 0.704. The number of carbonyl (C=O) groups is 1. The second-order valence-corrected chi connectivity index (χ2v) is 3.02. The van der Waals surface area contributed by atoms with Crippen molar-refractivity contribution in [3.8, 4) is 0 Å². The van der Waals surface area contributed by atoms with Gasteiger partial charge in [0.1, 0.15) is 0 Å². The summed E-state index contributed by atoms with van der Waals surface area (Å²) in [6.45, 7) is 0. The summed E-state index contributed by atoms with van der Waals surface area (Å²) in [7, 11) is 0. The van der Waals surface area contributed by atoms with Crippen LogP contribution in [0.2, 0.25) is 5.02 Å². The molecule has 0 aliphatic heterocycles. The molecule has 0 fully saturated rings. The van der Waals surface area contributed by atoms with Crippen molar-refractivity contribution in [3.63, 3.8) is 0 Å². The number of amides is 1. The van der Waals surface area contributed by atoms with E-state index < -0.39 is 23.2 Å². The van der Waals surface area contributed by atoms with Crippen molar-refractivity contribution in [1.29, 1.82) is 0 Å². The molecule has 15 heavy (non-hydrogen) atoms. The third kappa shape index (κ3) is 2.53. The van der Waals surface area contributed by atoms with Crippen LogP contribution in [0, 0.1) is 4.91 Å². The predicted octanol–water partition coefficient (Wildman–Crippen LogP) is 3.27. The van der Waals surface area contributed by atoms with Crippen molar-refractivity contribution in [3.05, 3.63) is 39.3 Å². The van der Waals surface area contributed by atoms with Crippen LogP contribution in [0.25, 0.3) is 0 Å². The molecule has 3 nitrogen and oxygen atoms in total. The molecule has 0 saturated carbocycles. The molecule has 0 aromatic heterocycles. The van der Waals surface area contributed by atoms with Gasteiger partial charge in [-0.1, -0.05) is 11.6 Å². The zero-order chi connectivity index (χ0) is 11.6. The second-order valence-electron chi connectivity index (χ2n) is 2.58. The Balaban J connectivity index is 3.39. The van der Waals surface area contributed by atoms with Gasteiger partial charge < -0.3 is 0 Å². The molecule has 1 rings (SSSR count). The normalized spacial score (nSPS) is 11.2. The van der Waals surface area contributed by atoms with Crippen molar-refractivity contribution in [2.24, 2.45) is 5.18 Å². The smallest absolute Gasteiger partial charge is 0.263 e. The average Bonchev–Trinajstić information content (AvgIpc) is 2.14. The number of hydrogen-bond donors (Lipinski definition) is 0. The summed E-state index contributed by atoms with van der Waals surface area (Å²) in [6.07, 6.45) is -4.72. The molecule has 0 atom stereocenters. The Morgan fingerprint density at radius 1 is 1.33 bits per heavy atom. The van der Waals surface area contributed by atoms with E-state index in [2.05, 4.69) is 0 Å². The number of nitrogens with zero attached hydrogens (tertiary/aromatic N) is 1. The highest BCUT2D eigenvalue weighted by atomic mass is 35.5. The fourth-order valence-corrected chi connectivity index (χ4v) is 1.16. The Morgan fingerprint density at radius 2 is 1.93 bits per heavy atom. The molecule has 0 radical (unpaired) electrons. The molecule has 80 valence electrons. The third-order valence-corrected chi connectivity index (χ3v) is 1.84. The molecule has 0 unspecified atom stereocenters. The summed E-state index contributed by atoms with van der Waals surface area (Å²) < 4.78 is 37.0. The van der Waals surface area contributed by atoms with Gasteiger partial charge in [-0.2, -0.15) is 13.2 Å². The molecule has 1 aromatic carbocycles. The maximum absolute atomic E-state index is 12.3. The van der Waals surface area contributed by atoms with E-state index in [9.17, 15) is 22.9 Å². The Bertz CT molecular complexity index is 417. The van der Waals surface area contributed by atoms with Gasteiger partial charge in [0, 0.05) is 10.2 Å². The molecule has 0 aliphatic rings. The van der Waals surface area contributed by atoms with Crippen LogP contribution >= 0.6 is 11.6 Å². The summed E-state index contributed by atoms with van der Waals surface area (Å²) in [6, 6.07) is 2.36. The van der Waals surface area contributed by atoms with Crippen LogP contribution in [0.5, 0.6) is 0 Å². The second kappa shape index (κ2) is 3.98. The standard InChI is InChI=1S/C8H3ClF3NO2/c9-4-1-2-6(8(10,11)12)5(3-4)7(14)13-15/h1-3H. The lowest BCUT2D eigenvalue weighted by atomic mass is 10.1. The average molecular weight is 238 g/mol. The molecular formula is C8H3ClF3NO2.